The van der Waals surface area contributed by atoms with Crippen LogP contribution in [0.3, 0.4) is 0 Å². The van der Waals surface area contributed by atoms with E-state index in [4.69, 9.17) is 10.5 Å². The number of carbonyl (C=O) groups excluding carboxylic acids is 1. The van der Waals surface area contributed by atoms with E-state index in [9.17, 15) is 9.18 Å². The maximum Gasteiger partial charge on any atom is 0.254 e. The lowest BCUT2D eigenvalue weighted by molar-refractivity contribution is 0.0751. The van der Waals surface area contributed by atoms with Gasteiger partial charge in [0.25, 0.3) is 5.91 Å². The first-order valence-electron chi connectivity index (χ1n) is 7.78. The van der Waals surface area contributed by atoms with E-state index in [2.05, 4.69) is 15.6 Å². The van der Waals surface area contributed by atoms with Crippen LogP contribution in [0.1, 0.15) is 22.3 Å². The first kappa shape index (κ1) is 15.5. The van der Waals surface area contributed by atoms with Crippen LogP contribution in [0.5, 0.6) is 0 Å². The molecule has 2 aromatic heterocycles. The Kier molecular flexibility index (Phi) is 3.95. The molecule has 0 aliphatic carbocycles. The van der Waals surface area contributed by atoms with Crippen molar-refractivity contribution in [3.63, 3.8) is 0 Å². The second kappa shape index (κ2) is 6.12. The van der Waals surface area contributed by atoms with Crippen LogP contribution < -0.4 is 16.4 Å². The number of thiophene rings is 1. The van der Waals surface area contributed by atoms with Crippen molar-refractivity contribution in [2.24, 2.45) is 5.73 Å². The van der Waals surface area contributed by atoms with Gasteiger partial charge in [0.05, 0.1) is 17.9 Å². The number of nitrogens with two attached hydrogens (primary N) is 1. The van der Waals surface area contributed by atoms with Gasteiger partial charge in [-0.15, -0.1) is 0 Å². The normalized spacial score (nSPS) is 23.0. The van der Waals surface area contributed by atoms with E-state index >= 15 is 0 Å². The van der Waals surface area contributed by atoms with E-state index in [1.807, 2.05) is 16.8 Å². The van der Waals surface area contributed by atoms with E-state index < -0.39 is 5.82 Å². The smallest absolute Gasteiger partial charge is 0.254 e. The van der Waals surface area contributed by atoms with Gasteiger partial charge < -0.3 is 21.1 Å². The molecule has 2 unspecified atom stereocenters. The van der Waals surface area contributed by atoms with Crippen molar-refractivity contribution in [2.75, 3.05) is 18.5 Å². The number of aromatic nitrogens is 1. The number of hydrogen-bond donors (Lipinski definition) is 3. The SMILES string of the molecule is NC1COCCC1Nc1nc(-c2ccsc2)c2c(c1F)CNC2=O. The van der Waals surface area contributed by atoms with Crippen molar-refractivity contribution in [1.29, 1.82) is 0 Å². The highest BCUT2D eigenvalue weighted by atomic mass is 32.1. The van der Waals surface area contributed by atoms with Crippen LogP contribution >= 0.6 is 11.3 Å². The van der Waals surface area contributed by atoms with E-state index in [1.165, 1.54) is 11.3 Å². The third-order valence-corrected chi connectivity index (χ3v) is 5.09. The average molecular weight is 348 g/mol. The van der Waals surface area contributed by atoms with E-state index in [-0.39, 0.29) is 30.4 Å². The molecule has 4 N–H and O–H groups in total. The van der Waals surface area contributed by atoms with Crippen LogP contribution in [0.2, 0.25) is 0 Å². The van der Waals surface area contributed by atoms with Crippen LogP contribution in [0.15, 0.2) is 16.8 Å². The summed E-state index contributed by atoms with van der Waals surface area (Å²) < 4.78 is 20.2. The minimum absolute atomic E-state index is 0.112. The number of carbonyl (C=O) groups is 1. The Labute approximate surface area is 142 Å². The quantitative estimate of drug-likeness (QED) is 0.786. The number of hydrogen-bond acceptors (Lipinski definition) is 6. The number of nitrogens with zero attached hydrogens (tertiary/aromatic N) is 1. The zero-order valence-corrected chi connectivity index (χ0v) is 13.7. The Balaban J connectivity index is 1.78. The Morgan fingerprint density at radius 3 is 3.12 bits per heavy atom. The average Bonchev–Trinajstić information content (AvgIpc) is 3.23. The molecule has 0 radical (unpaired) electrons. The van der Waals surface area contributed by atoms with Crippen molar-refractivity contribution in [3.05, 3.63) is 33.8 Å². The fourth-order valence-corrected chi connectivity index (χ4v) is 3.74. The lowest BCUT2D eigenvalue weighted by Gasteiger charge is -2.30. The van der Waals surface area contributed by atoms with Crippen LogP contribution in [-0.2, 0) is 11.3 Å². The summed E-state index contributed by atoms with van der Waals surface area (Å²) in [6.45, 7) is 1.19. The number of fused-ring (bicyclic) bond motifs is 1. The summed E-state index contributed by atoms with van der Waals surface area (Å²) in [5.41, 5.74) is 8.05. The van der Waals surface area contributed by atoms with Gasteiger partial charge in [0.15, 0.2) is 11.6 Å². The number of amides is 1. The third-order valence-electron chi connectivity index (χ3n) is 4.40. The minimum atomic E-state index is -0.485. The van der Waals surface area contributed by atoms with Crippen molar-refractivity contribution in [2.45, 2.75) is 25.0 Å². The highest BCUT2D eigenvalue weighted by Crippen LogP contribution is 2.34. The first-order valence-corrected chi connectivity index (χ1v) is 8.72. The van der Waals surface area contributed by atoms with Gasteiger partial charge in [-0.25, -0.2) is 9.37 Å². The highest BCUT2D eigenvalue weighted by molar-refractivity contribution is 7.08. The van der Waals surface area contributed by atoms with E-state index in [1.54, 1.807) is 0 Å². The Hall–Kier alpha value is -2.03. The fraction of sp³-hybridized carbons (Fsp3) is 0.375. The summed E-state index contributed by atoms with van der Waals surface area (Å²) in [5.74, 6) is -0.623. The lowest BCUT2D eigenvalue weighted by Crippen LogP contribution is -2.48. The van der Waals surface area contributed by atoms with Crippen molar-refractivity contribution >= 4 is 23.1 Å². The standard InChI is InChI=1S/C16H17FN4O2S/c17-13-9-5-19-16(22)12(9)14(8-2-4-24-7-8)21-15(13)20-11-1-3-23-6-10(11)18/h2,4,7,10-11H,1,3,5-6,18H2,(H,19,22)(H,20,21). The fourth-order valence-electron chi connectivity index (χ4n) is 3.10. The predicted molar refractivity (Wildman–Crippen MR) is 89.5 cm³/mol. The van der Waals surface area contributed by atoms with Crippen molar-refractivity contribution in [3.8, 4) is 11.3 Å². The topological polar surface area (TPSA) is 89.3 Å². The van der Waals surface area contributed by atoms with Gasteiger partial charge in [0.1, 0.15) is 0 Å². The van der Waals surface area contributed by atoms with Crippen LogP contribution in [0.25, 0.3) is 11.3 Å². The molecule has 4 rings (SSSR count). The molecule has 1 amide bonds. The molecule has 0 aromatic carbocycles. The third kappa shape index (κ3) is 2.56. The Bertz CT molecular complexity index is 781. The molecule has 2 aliphatic heterocycles. The number of pyridine rings is 1. The largest absolute Gasteiger partial charge is 0.380 e. The number of anilines is 1. The number of nitrogens with one attached hydrogen (secondary N) is 2. The minimum Gasteiger partial charge on any atom is -0.380 e. The maximum atomic E-state index is 14.9. The maximum absolute atomic E-state index is 14.9. The van der Waals surface area contributed by atoms with Gasteiger partial charge in [-0.2, -0.15) is 11.3 Å². The Morgan fingerprint density at radius 1 is 1.50 bits per heavy atom. The van der Waals surface area contributed by atoms with Crippen molar-refractivity contribution < 1.29 is 13.9 Å². The summed E-state index contributed by atoms with van der Waals surface area (Å²) in [4.78, 5) is 16.5. The van der Waals surface area contributed by atoms with Gasteiger partial charge in [-0.05, 0) is 17.9 Å². The number of halogens is 1. The van der Waals surface area contributed by atoms with Gasteiger partial charge in [-0.1, -0.05) is 0 Å². The summed E-state index contributed by atoms with van der Waals surface area (Å²) in [7, 11) is 0. The molecule has 126 valence electrons. The highest BCUT2D eigenvalue weighted by Gasteiger charge is 2.32. The van der Waals surface area contributed by atoms with Crippen molar-refractivity contribution in [1.82, 2.24) is 10.3 Å². The molecule has 0 saturated carbocycles. The van der Waals surface area contributed by atoms with E-state index in [0.717, 1.165) is 5.56 Å². The molecule has 2 atom stereocenters. The second-order valence-corrected chi connectivity index (χ2v) is 6.73. The summed E-state index contributed by atoms with van der Waals surface area (Å²) in [5, 5.41) is 9.60. The van der Waals surface area contributed by atoms with Gasteiger partial charge in [-0.3, -0.25) is 4.79 Å². The summed E-state index contributed by atoms with van der Waals surface area (Å²) in [6, 6.07) is 1.54. The molecular formula is C16H17FN4O2S. The molecule has 4 heterocycles. The molecule has 2 aliphatic rings. The first-order chi connectivity index (χ1) is 11.6. The molecular weight excluding hydrogens is 331 g/mol. The summed E-state index contributed by atoms with van der Waals surface area (Å²) >= 11 is 1.50. The van der Waals surface area contributed by atoms with Crippen LogP contribution in [0.4, 0.5) is 10.2 Å². The van der Waals surface area contributed by atoms with Gasteiger partial charge in [0, 0.05) is 41.7 Å². The molecule has 24 heavy (non-hydrogen) atoms. The lowest BCUT2D eigenvalue weighted by atomic mass is 10.0. The number of ether oxygens (including phenoxy) is 1. The molecule has 2 aromatic rings. The number of rotatable bonds is 3. The van der Waals surface area contributed by atoms with Crippen LogP contribution in [-0.4, -0.2) is 36.2 Å². The van der Waals surface area contributed by atoms with Gasteiger partial charge >= 0.3 is 0 Å². The Morgan fingerprint density at radius 2 is 2.38 bits per heavy atom. The predicted octanol–water partition coefficient (Wildman–Crippen LogP) is 1.72. The van der Waals surface area contributed by atoms with Crippen LogP contribution in [0, 0.1) is 5.82 Å². The zero-order valence-electron chi connectivity index (χ0n) is 12.8. The molecule has 0 bridgehead atoms. The zero-order chi connectivity index (χ0) is 16.7. The molecule has 8 heteroatoms. The monoisotopic (exact) mass is 348 g/mol. The second-order valence-electron chi connectivity index (χ2n) is 5.95. The molecule has 0 spiro atoms. The molecule has 6 nitrogen and oxygen atoms in total. The van der Waals surface area contributed by atoms with Gasteiger partial charge in [0.2, 0.25) is 0 Å². The van der Waals surface area contributed by atoms with E-state index in [0.29, 0.717) is 36.5 Å². The molecule has 1 saturated heterocycles. The molecule has 1 fully saturated rings. The summed E-state index contributed by atoms with van der Waals surface area (Å²) in [6.07, 6.45) is 0.685.